The van der Waals surface area contributed by atoms with Crippen LogP contribution < -0.4 is 10.1 Å². The maximum atomic E-state index is 13.2. The Kier molecular flexibility index (Phi) is 4.24. The highest BCUT2D eigenvalue weighted by atomic mass is 16.5. The number of ketones is 1. The van der Waals surface area contributed by atoms with Crippen LogP contribution in [-0.2, 0) is 4.79 Å². The van der Waals surface area contributed by atoms with Crippen LogP contribution in [0.1, 0.15) is 38.3 Å². The number of ether oxygens (including phenoxy) is 1. The number of carbonyl (C=O) groups is 1. The molecule has 0 spiro atoms. The van der Waals surface area contributed by atoms with Crippen LogP contribution in [0.15, 0.2) is 65.9 Å². The van der Waals surface area contributed by atoms with E-state index in [1.165, 1.54) is 0 Å². The number of nitrogens with one attached hydrogen (secondary N) is 1. The Hall–Kier alpha value is -3.41. The Morgan fingerprint density at radius 2 is 1.80 bits per heavy atom. The number of aromatic nitrogens is 3. The molecule has 6 nitrogen and oxygen atoms in total. The highest BCUT2D eigenvalue weighted by Crippen LogP contribution is 2.45. The Morgan fingerprint density at radius 3 is 2.50 bits per heavy atom. The summed E-state index contributed by atoms with van der Waals surface area (Å²) in [5, 5.41) is 8.23. The van der Waals surface area contributed by atoms with Gasteiger partial charge in [0.25, 0.3) is 0 Å². The van der Waals surface area contributed by atoms with Crippen molar-refractivity contribution in [2.24, 2.45) is 5.41 Å². The van der Waals surface area contributed by atoms with Gasteiger partial charge in [0, 0.05) is 23.3 Å². The number of carbonyl (C=O) groups excluding carboxylic acids is 1. The average molecular weight is 400 g/mol. The van der Waals surface area contributed by atoms with Gasteiger partial charge in [-0.3, -0.25) is 4.79 Å². The van der Waals surface area contributed by atoms with E-state index in [-0.39, 0.29) is 17.2 Å². The van der Waals surface area contributed by atoms with Crippen molar-refractivity contribution in [3.63, 3.8) is 0 Å². The van der Waals surface area contributed by atoms with Gasteiger partial charge >= 0.3 is 0 Å². The SMILES string of the molecule is COc1ccc(-c2nc3n(n2)[C@@H](c2ccccc2)C2=C(CC(C)(C)CC2=O)N3)cc1. The van der Waals surface area contributed by atoms with Crippen LogP contribution in [0.5, 0.6) is 5.75 Å². The Bertz CT molecular complexity index is 1140. The summed E-state index contributed by atoms with van der Waals surface area (Å²) in [6, 6.07) is 17.5. The van der Waals surface area contributed by atoms with Crippen LogP contribution in [0.4, 0.5) is 5.95 Å². The molecule has 0 bridgehead atoms. The number of allylic oxidation sites excluding steroid dienone is 2. The lowest BCUT2D eigenvalue weighted by Crippen LogP contribution is -2.36. The first-order valence-electron chi connectivity index (χ1n) is 10.1. The number of Topliss-reactive ketones (excluding diaryl/α,β-unsaturated/α-hetero) is 1. The predicted octanol–water partition coefficient (Wildman–Crippen LogP) is 4.61. The number of benzene rings is 2. The van der Waals surface area contributed by atoms with Gasteiger partial charge in [-0.05, 0) is 41.7 Å². The minimum Gasteiger partial charge on any atom is -0.497 e. The zero-order chi connectivity index (χ0) is 20.9. The molecule has 1 aromatic heterocycles. The third-order valence-electron chi connectivity index (χ3n) is 5.80. The molecule has 0 saturated heterocycles. The number of nitrogens with zero attached hydrogens (tertiary/aromatic N) is 3. The monoisotopic (exact) mass is 400 g/mol. The van der Waals surface area contributed by atoms with Crippen LogP contribution in [0.3, 0.4) is 0 Å². The lowest BCUT2D eigenvalue weighted by molar-refractivity contribution is -0.118. The van der Waals surface area contributed by atoms with Crippen LogP contribution >= 0.6 is 0 Å². The van der Waals surface area contributed by atoms with Gasteiger partial charge in [-0.15, -0.1) is 5.10 Å². The third-order valence-corrected chi connectivity index (χ3v) is 5.80. The quantitative estimate of drug-likeness (QED) is 0.695. The van der Waals surface area contributed by atoms with Gasteiger partial charge < -0.3 is 10.1 Å². The van der Waals surface area contributed by atoms with Gasteiger partial charge in [-0.2, -0.15) is 4.98 Å². The zero-order valence-electron chi connectivity index (χ0n) is 17.3. The first-order valence-corrected chi connectivity index (χ1v) is 10.1. The van der Waals surface area contributed by atoms with E-state index in [4.69, 9.17) is 14.8 Å². The number of fused-ring (bicyclic) bond motifs is 1. The number of rotatable bonds is 3. The maximum Gasteiger partial charge on any atom is 0.226 e. The van der Waals surface area contributed by atoms with E-state index in [2.05, 4.69) is 19.2 Å². The summed E-state index contributed by atoms with van der Waals surface area (Å²) in [4.78, 5) is 18.0. The lowest BCUT2D eigenvalue weighted by Gasteiger charge is -2.38. The fourth-order valence-corrected chi connectivity index (χ4v) is 4.41. The van der Waals surface area contributed by atoms with Crippen molar-refractivity contribution >= 4 is 11.7 Å². The predicted molar refractivity (Wildman–Crippen MR) is 115 cm³/mol. The molecule has 1 aliphatic carbocycles. The molecular weight excluding hydrogens is 376 g/mol. The van der Waals surface area contributed by atoms with Crippen LogP contribution in [0, 0.1) is 5.41 Å². The van der Waals surface area contributed by atoms with E-state index in [1.54, 1.807) is 7.11 Å². The summed E-state index contributed by atoms with van der Waals surface area (Å²) < 4.78 is 7.11. The molecule has 2 aliphatic rings. The molecule has 6 heteroatoms. The van der Waals surface area contributed by atoms with E-state index in [9.17, 15) is 4.79 Å². The fourth-order valence-electron chi connectivity index (χ4n) is 4.41. The third kappa shape index (κ3) is 3.09. The number of methoxy groups -OCH3 is 1. The van der Waals surface area contributed by atoms with Gasteiger partial charge in [-0.25, -0.2) is 4.68 Å². The molecule has 0 radical (unpaired) electrons. The number of anilines is 1. The molecule has 1 atom stereocenters. The van der Waals surface area contributed by atoms with Crippen molar-refractivity contribution in [3.8, 4) is 17.1 Å². The van der Waals surface area contributed by atoms with Crippen molar-refractivity contribution in [2.45, 2.75) is 32.7 Å². The van der Waals surface area contributed by atoms with Gasteiger partial charge in [-0.1, -0.05) is 44.2 Å². The van der Waals surface area contributed by atoms with Crippen molar-refractivity contribution < 1.29 is 9.53 Å². The van der Waals surface area contributed by atoms with E-state index < -0.39 is 0 Å². The second-order valence-corrected chi connectivity index (χ2v) is 8.70. The summed E-state index contributed by atoms with van der Waals surface area (Å²) in [6.45, 7) is 4.27. The Labute approximate surface area is 175 Å². The topological polar surface area (TPSA) is 69.0 Å². The second-order valence-electron chi connectivity index (χ2n) is 8.70. The average Bonchev–Trinajstić information content (AvgIpc) is 3.15. The van der Waals surface area contributed by atoms with E-state index in [1.807, 2.05) is 59.3 Å². The van der Waals surface area contributed by atoms with Crippen LogP contribution in [0.2, 0.25) is 0 Å². The zero-order valence-corrected chi connectivity index (χ0v) is 17.3. The first-order chi connectivity index (χ1) is 14.4. The molecular formula is C24H24N4O2. The van der Waals surface area contributed by atoms with Gasteiger partial charge in [0.1, 0.15) is 11.8 Å². The first kappa shape index (κ1) is 18.6. The molecule has 30 heavy (non-hydrogen) atoms. The lowest BCUT2D eigenvalue weighted by atomic mass is 9.73. The molecule has 0 unspecified atom stereocenters. The molecule has 1 aliphatic heterocycles. The number of hydrogen-bond donors (Lipinski definition) is 1. The summed E-state index contributed by atoms with van der Waals surface area (Å²) >= 11 is 0. The molecule has 0 fully saturated rings. The molecule has 2 aromatic carbocycles. The standard InChI is InChI=1S/C24H24N4O2/c1-24(2)13-18-20(19(29)14-24)21(15-7-5-4-6-8-15)28-23(25-18)26-22(27-28)16-9-11-17(30-3)12-10-16/h4-12,21H,13-14H2,1-3H3,(H,25,26,27)/t21-/m0/s1. The van der Waals surface area contributed by atoms with Crippen LogP contribution in [0.25, 0.3) is 11.4 Å². The minimum absolute atomic E-state index is 0.0782. The molecule has 0 saturated carbocycles. The summed E-state index contributed by atoms with van der Waals surface area (Å²) in [6.07, 6.45) is 1.34. The summed E-state index contributed by atoms with van der Waals surface area (Å²) in [5.41, 5.74) is 3.62. The normalized spacial score (nSPS) is 19.7. The van der Waals surface area contributed by atoms with Gasteiger partial charge in [0.15, 0.2) is 11.6 Å². The molecule has 3 aromatic rings. The van der Waals surface area contributed by atoms with Crippen molar-refractivity contribution in [2.75, 3.05) is 12.4 Å². The van der Waals surface area contributed by atoms with Crippen LogP contribution in [-0.4, -0.2) is 27.7 Å². The molecule has 5 rings (SSSR count). The Balaban J connectivity index is 1.64. The highest BCUT2D eigenvalue weighted by molar-refractivity contribution is 6.00. The van der Waals surface area contributed by atoms with Crippen molar-refractivity contribution in [1.29, 1.82) is 0 Å². The van der Waals surface area contributed by atoms with Gasteiger partial charge in [0.2, 0.25) is 5.95 Å². The van der Waals surface area contributed by atoms with E-state index >= 15 is 0 Å². The highest BCUT2D eigenvalue weighted by Gasteiger charge is 2.41. The minimum atomic E-state index is -0.277. The second kappa shape index (κ2) is 6.83. The van der Waals surface area contributed by atoms with E-state index in [0.717, 1.165) is 34.6 Å². The number of hydrogen-bond acceptors (Lipinski definition) is 5. The molecule has 0 amide bonds. The molecule has 2 heterocycles. The maximum absolute atomic E-state index is 13.2. The fraction of sp³-hybridized carbons (Fsp3) is 0.292. The summed E-state index contributed by atoms with van der Waals surface area (Å²) in [5.74, 6) is 2.24. The Morgan fingerprint density at radius 1 is 1.07 bits per heavy atom. The summed E-state index contributed by atoms with van der Waals surface area (Å²) in [7, 11) is 1.64. The molecule has 1 N–H and O–H groups in total. The molecule has 152 valence electrons. The van der Waals surface area contributed by atoms with Crippen molar-refractivity contribution in [3.05, 3.63) is 71.4 Å². The van der Waals surface area contributed by atoms with Gasteiger partial charge in [0.05, 0.1) is 7.11 Å². The van der Waals surface area contributed by atoms with Crippen molar-refractivity contribution in [1.82, 2.24) is 14.8 Å². The largest absolute Gasteiger partial charge is 0.497 e. The smallest absolute Gasteiger partial charge is 0.226 e. The van der Waals surface area contributed by atoms with E-state index in [0.29, 0.717) is 18.2 Å².